The van der Waals surface area contributed by atoms with Crippen LogP contribution in [0.4, 0.5) is 24.7 Å². The molecule has 3 aromatic rings. The number of aromatic nitrogens is 2. The summed E-state index contributed by atoms with van der Waals surface area (Å²) in [5, 5.41) is 4.63. The van der Waals surface area contributed by atoms with Crippen molar-refractivity contribution in [3.05, 3.63) is 52.8 Å². The number of nitrogens with one attached hydrogen (secondary N) is 1. The first kappa shape index (κ1) is 24.4. The van der Waals surface area contributed by atoms with Crippen LogP contribution < -0.4 is 15.5 Å². The number of alkyl halides is 3. The van der Waals surface area contributed by atoms with Crippen LogP contribution in [0.15, 0.2) is 30.3 Å². The quantitative estimate of drug-likeness (QED) is 0.471. The van der Waals surface area contributed by atoms with Gasteiger partial charge in [0.2, 0.25) is 0 Å². The third-order valence-corrected chi connectivity index (χ3v) is 6.74. The number of rotatable bonds is 5. The van der Waals surface area contributed by atoms with Crippen LogP contribution in [-0.2, 0) is 15.5 Å². The molecule has 4 rings (SSSR count). The lowest BCUT2D eigenvalue weighted by Crippen LogP contribution is -2.45. The number of benzene rings is 2. The fourth-order valence-electron chi connectivity index (χ4n) is 4.48. The number of morpholine rings is 1. The lowest BCUT2D eigenvalue weighted by Gasteiger charge is -2.36. The second-order valence-corrected chi connectivity index (χ2v) is 9.23. The highest BCUT2D eigenvalue weighted by atomic mass is 31.1. The molecule has 2 heterocycles. The van der Waals surface area contributed by atoms with Gasteiger partial charge in [0.15, 0.2) is 8.46 Å². The molecular weight excluding hydrogens is 464 g/mol. The molecule has 2 unspecified atom stereocenters. The topological polar surface area (TPSA) is 67.3 Å². The summed E-state index contributed by atoms with van der Waals surface area (Å²) in [5.74, 6) is 1.02. The second-order valence-electron chi connectivity index (χ2n) is 8.57. The predicted octanol–water partition coefficient (Wildman–Crippen LogP) is 5.58. The van der Waals surface area contributed by atoms with Gasteiger partial charge in [-0.2, -0.15) is 13.2 Å². The maximum Gasteiger partial charge on any atom is 0.416 e. The second kappa shape index (κ2) is 9.47. The van der Waals surface area contributed by atoms with Gasteiger partial charge >= 0.3 is 6.18 Å². The molecule has 0 radical (unpaired) electrons. The smallest absolute Gasteiger partial charge is 0.377 e. The minimum atomic E-state index is -4.42. The zero-order valence-corrected chi connectivity index (χ0v) is 20.3. The van der Waals surface area contributed by atoms with E-state index in [0.717, 1.165) is 11.8 Å². The van der Waals surface area contributed by atoms with Crippen molar-refractivity contribution in [2.24, 2.45) is 0 Å². The zero-order valence-electron chi connectivity index (χ0n) is 19.4. The summed E-state index contributed by atoms with van der Waals surface area (Å²) >= 11 is 0. The van der Waals surface area contributed by atoms with Gasteiger partial charge in [-0.15, -0.1) is 0 Å². The average molecular weight is 490 g/mol. The number of fused-ring (bicyclic) bond motifs is 1. The van der Waals surface area contributed by atoms with E-state index in [4.69, 9.17) is 4.74 Å². The number of aryl methyl sites for hydroxylation is 1. The predicted molar refractivity (Wildman–Crippen MR) is 127 cm³/mol. The molecule has 2 atom stereocenters. The monoisotopic (exact) mass is 490 g/mol. The third kappa shape index (κ3) is 4.72. The van der Waals surface area contributed by atoms with Crippen LogP contribution in [0.2, 0.25) is 0 Å². The van der Waals surface area contributed by atoms with Gasteiger partial charge in [-0.1, -0.05) is 12.1 Å². The highest BCUT2D eigenvalue weighted by Gasteiger charge is 2.33. The lowest BCUT2D eigenvalue weighted by molar-refractivity contribution is -0.138. The highest BCUT2D eigenvalue weighted by Crippen LogP contribution is 2.36. The summed E-state index contributed by atoms with van der Waals surface area (Å²) in [6, 6.07) is 7.54. The molecule has 1 aliphatic rings. The van der Waals surface area contributed by atoms with Crippen LogP contribution in [0.1, 0.15) is 42.4 Å². The molecule has 10 heteroatoms. The Bertz CT molecular complexity index is 1240. The summed E-state index contributed by atoms with van der Waals surface area (Å²) in [5.41, 5.74) is 1.49. The summed E-state index contributed by atoms with van der Waals surface area (Å²) in [4.78, 5) is 11.2. The Morgan fingerprint density at radius 2 is 2.00 bits per heavy atom. The minimum Gasteiger partial charge on any atom is -0.377 e. The van der Waals surface area contributed by atoms with E-state index in [1.165, 1.54) is 13.0 Å². The molecule has 6 nitrogen and oxygen atoms in total. The normalized spacial score (nSPS) is 17.9. The molecule has 0 amide bonds. The van der Waals surface area contributed by atoms with Gasteiger partial charge in [-0.05, 0) is 57.0 Å². The van der Waals surface area contributed by atoms with E-state index in [9.17, 15) is 17.7 Å². The average Bonchev–Trinajstić information content (AvgIpc) is 2.78. The van der Waals surface area contributed by atoms with E-state index >= 15 is 0 Å². The molecule has 180 valence electrons. The van der Waals surface area contributed by atoms with E-state index in [-0.39, 0.29) is 20.1 Å². The molecule has 1 fully saturated rings. The Morgan fingerprint density at radius 1 is 1.24 bits per heavy atom. The molecule has 2 aromatic carbocycles. The minimum absolute atomic E-state index is 0.0983. The van der Waals surface area contributed by atoms with E-state index in [0.29, 0.717) is 53.2 Å². The van der Waals surface area contributed by atoms with Crippen LogP contribution in [0, 0.1) is 13.8 Å². The number of nitrogens with zero attached hydrogens (tertiary/aromatic N) is 3. The van der Waals surface area contributed by atoms with Crippen molar-refractivity contribution < 1.29 is 22.5 Å². The molecule has 1 aliphatic heterocycles. The van der Waals surface area contributed by atoms with Crippen molar-refractivity contribution in [2.45, 2.75) is 46.0 Å². The van der Waals surface area contributed by atoms with E-state index in [1.807, 2.05) is 13.0 Å². The number of hydrogen-bond donors (Lipinski definition) is 1. The zero-order chi connectivity index (χ0) is 24.6. The molecule has 1 saturated heterocycles. The van der Waals surface area contributed by atoms with Crippen LogP contribution >= 0.6 is 8.46 Å². The van der Waals surface area contributed by atoms with Crippen LogP contribution in [0.25, 0.3) is 10.9 Å². The summed E-state index contributed by atoms with van der Waals surface area (Å²) in [6.45, 7) is 8.87. The Balaban J connectivity index is 1.78. The van der Waals surface area contributed by atoms with Gasteiger partial charge in [-0.25, -0.2) is 9.97 Å². The lowest BCUT2D eigenvalue weighted by atomic mass is 9.97. The van der Waals surface area contributed by atoms with Crippen LogP contribution in [-0.4, -0.2) is 35.8 Å². The number of ether oxygens (including phenoxy) is 1. The van der Waals surface area contributed by atoms with Crippen LogP contribution in [0.5, 0.6) is 0 Å². The van der Waals surface area contributed by atoms with E-state index in [1.54, 1.807) is 26.0 Å². The molecule has 1 N–H and O–H groups in total. The third-order valence-electron chi connectivity index (χ3n) is 6.18. The highest BCUT2D eigenvalue weighted by molar-refractivity contribution is 7.34. The van der Waals surface area contributed by atoms with Gasteiger partial charge in [0.05, 0.1) is 41.3 Å². The summed E-state index contributed by atoms with van der Waals surface area (Å²) in [7, 11) is -0.120. The van der Waals surface area contributed by atoms with Crippen molar-refractivity contribution in [3.8, 4) is 0 Å². The van der Waals surface area contributed by atoms with Crippen molar-refractivity contribution in [1.29, 1.82) is 0 Å². The molecule has 34 heavy (non-hydrogen) atoms. The Hall–Kier alpha value is -2.77. The first-order chi connectivity index (χ1) is 16.1. The van der Waals surface area contributed by atoms with Crippen molar-refractivity contribution >= 4 is 36.2 Å². The Kier molecular flexibility index (Phi) is 6.78. The van der Waals surface area contributed by atoms with Gasteiger partial charge in [0.1, 0.15) is 11.6 Å². The van der Waals surface area contributed by atoms with E-state index in [2.05, 4.69) is 20.2 Å². The number of anilines is 2. The van der Waals surface area contributed by atoms with Crippen molar-refractivity contribution in [2.75, 3.05) is 30.0 Å². The SMILES string of the molecule is Cc1nc(NC(C)c2cccc(C(F)(F)F)c2C)c2cc(N3CCOCC3C)c(P=O)cc2n1. The first-order valence-corrected chi connectivity index (χ1v) is 11.8. The first-order valence-electron chi connectivity index (χ1n) is 11.0. The maximum absolute atomic E-state index is 13.4. The van der Waals surface area contributed by atoms with Crippen molar-refractivity contribution in [3.63, 3.8) is 0 Å². The Morgan fingerprint density at radius 3 is 2.68 bits per heavy atom. The van der Waals surface area contributed by atoms with Gasteiger partial charge in [0, 0.05) is 18.0 Å². The Labute approximate surface area is 197 Å². The molecule has 0 spiro atoms. The van der Waals surface area contributed by atoms with Crippen LogP contribution in [0.3, 0.4) is 0 Å². The largest absolute Gasteiger partial charge is 0.416 e. The molecule has 0 bridgehead atoms. The molecule has 1 aromatic heterocycles. The number of halogens is 3. The van der Waals surface area contributed by atoms with Gasteiger partial charge in [0.25, 0.3) is 0 Å². The molecule has 0 aliphatic carbocycles. The van der Waals surface area contributed by atoms with E-state index < -0.39 is 17.8 Å². The fraction of sp³-hybridized carbons (Fsp3) is 0.417. The number of hydrogen-bond acceptors (Lipinski definition) is 6. The van der Waals surface area contributed by atoms with Gasteiger partial charge in [-0.3, -0.25) is 4.57 Å². The fourth-order valence-corrected chi connectivity index (χ4v) is 4.94. The summed E-state index contributed by atoms with van der Waals surface area (Å²) in [6.07, 6.45) is -4.42. The summed E-state index contributed by atoms with van der Waals surface area (Å²) < 4.78 is 57.8. The standard InChI is InChI=1S/C24H26F3N4O2P/c1-13-12-33-9-8-31(13)21-10-18-20(11-22(21)34-32)29-16(4)30-23(18)28-15(3)17-6-5-7-19(14(17)2)24(25,26)27/h5-7,10-11,13,15H,8-9,12H2,1-4H3,(H,28,29,30). The van der Waals surface area contributed by atoms with Gasteiger partial charge < -0.3 is 15.0 Å². The maximum atomic E-state index is 13.4. The van der Waals surface area contributed by atoms with Crippen molar-refractivity contribution in [1.82, 2.24) is 9.97 Å². The molecule has 0 saturated carbocycles. The molecular formula is C24H26F3N4O2P.